The van der Waals surface area contributed by atoms with Crippen LogP contribution < -0.4 is 10.5 Å². The lowest BCUT2D eigenvalue weighted by Crippen LogP contribution is -2.14. The van der Waals surface area contributed by atoms with Crippen molar-refractivity contribution in [3.05, 3.63) is 63.4 Å². The zero-order valence-corrected chi connectivity index (χ0v) is 12.4. The molecule has 0 amide bonds. The maximum absolute atomic E-state index is 14.0. The van der Waals surface area contributed by atoms with Gasteiger partial charge in [-0.1, -0.05) is 34.1 Å². The van der Waals surface area contributed by atoms with Gasteiger partial charge in [0.05, 0.1) is 13.2 Å². The Morgan fingerprint density at radius 1 is 1.16 bits per heavy atom. The third kappa shape index (κ3) is 2.96. The number of ether oxygens (including phenoxy) is 1. The summed E-state index contributed by atoms with van der Waals surface area (Å²) in [5.74, 6) is 0.121. The van der Waals surface area contributed by atoms with Gasteiger partial charge in [-0.25, -0.2) is 4.39 Å². The third-order valence-electron chi connectivity index (χ3n) is 3.03. The molecule has 0 aliphatic rings. The van der Waals surface area contributed by atoms with Crippen molar-refractivity contribution in [2.45, 2.75) is 13.0 Å². The predicted octanol–water partition coefficient (Wildman–Crippen LogP) is 3.95. The first-order valence-corrected chi connectivity index (χ1v) is 6.67. The summed E-state index contributed by atoms with van der Waals surface area (Å²) in [6, 6.07) is 10.0. The summed E-state index contributed by atoms with van der Waals surface area (Å²) in [7, 11) is 1.50. The molecule has 0 fully saturated rings. The monoisotopic (exact) mass is 323 g/mol. The van der Waals surface area contributed by atoms with Crippen molar-refractivity contribution >= 4 is 15.9 Å². The molecule has 0 saturated heterocycles. The van der Waals surface area contributed by atoms with Crippen LogP contribution in [0.1, 0.15) is 22.7 Å². The molecule has 0 saturated carbocycles. The van der Waals surface area contributed by atoms with Crippen molar-refractivity contribution in [3.63, 3.8) is 0 Å². The predicted molar refractivity (Wildman–Crippen MR) is 77.9 cm³/mol. The van der Waals surface area contributed by atoms with E-state index in [-0.39, 0.29) is 5.82 Å². The lowest BCUT2D eigenvalue weighted by atomic mass is 9.98. The zero-order valence-electron chi connectivity index (χ0n) is 10.8. The second-order valence-corrected chi connectivity index (χ2v) is 5.24. The van der Waals surface area contributed by atoms with Gasteiger partial charge in [-0.15, -0.1) is 0 Å². The second kappa shape index (κ2) is 5.72. The van der Waals surface area contributed by atoms with Crippen LogP contribution in [-0.2, 0) is 0 Å². The van der Waals surface area contributed by atoms with Crippen LogP contribution in [0.25, 0.3) is 0 Å². The van der Waals surface area contributed by atoms with E-state index in [9.17, 15) is 4.39 Å². The van der Waals surface area contributed by atoms with Gasteiger partial charge in [0, 0.05) is 16.1 Å². The molecule has 1 unspecified atom stereocenters. The van der Waals surface area contributed by atoms with E-state index in [1.807, 2.05) is 25.1 Å². The van der Waals surface area contributed by atoms with Crippen LogP contribution >= 0.6 is 15.9 Å². The standard InChI is InChI=1S/C15H15BrFNO/c1-9-3-5-11(13(16)7-9)15(18)12-6-4-10(19-2)8-14(12)17/h3-8,15H,18H2,1-2H3. The number of hydrogen-bond donors (Lipinski definition) is 1. The van der Waals surface area contributed by atoms with Crippen LogP contribution in [0.2, 0.25) is 0 Å². The van der Waals surface area contributed by atoms with Gasteiger partial charge in [0.25, 0.3) is 0 Å². The Morgan fingerprint density at radius 3 is 2.42 bits per heavy atom. The van der Waals surface area contributed by atoms with Crippen LogP contribution in [-0.4, -0.2) is 7.11 Å². The number of benzene rings is 2. The molecule has 2 aromatic rings. The number of hydrogen-bond acceptors (Lipinski definition) is 2. The average molecular weight is 324 g/mol. The van der Waals surface area contributed by atoms with E-state index in [1.54, 1.807) is 12.1 Å². The zero-order chi connectivity index (χ0) is 14.0. The number of rotatable bonds is 3. The summed E-state index contributed by atoms with van der Waals surface area (Å²) < 4.78 is 19.9. The third-order valence-corrected chi connectivity index (χ3v) is 3.72. The van der Waals surface area contributed by atoms with Gasteiger partial charge in [0.2, 0.25) is 0 Å². The summed E-state index contributed by atoms with van der Waals surface area (Å²) in [6.45, 7) is 1.99. The van der Waals surface area contributed by atoms with E-state index in [0.717, 1.165) is 15.6 Å². The van der Waals surface area contributed by atoms with Crippen molar-refractivity contribution in [1.82, 2.24) is 0 Å². The highest BCUT2D eigenvalue weighted by atomic mass is 79.9. The molecule has 19 heavy (non-hydrogen) atoms. The van der Waals surface area contributed by atoms with Gasteiger partial charge < -0.3 is 10.5 Å². The second-order valence-electron chi connectivity index (χ2n) is 4.39. The van der Waals surface area contributed by atoms with E-state index in [4.69, 9.17) is 10.5 Å². The Kier molecular flexibility index (Phi) is 4.22. The Morgan fingerprint density at radius 2 is 1.84 bits per heavy atom. The molecular formula is C15H15BrFNO. The van der Waals surface area contributed by atoms with Crippen molar-refractivity contribution in [2.24, 2.45) is 5.73 Å². The van der Waals surface area contributed by atoms with Crippen molar-refractivity contribution in [1.29, 1.82) is 0 Å². The lowest BCUT2D eigenvalue weighted by molar-refractivity contribution is 0.410. The van der Waals surface area contributed by atoms with E-state index in [2.05, 4.69) is 15.9 Å². The quantitative estimate of drug-likeness (QED) is 0.928. The van der Waals surface area contributed by atoms with Gasteiger partial charge in [0.1, 0.15) is 11.6 Å². The Bertz CT molecular complexity index is 601. The fraction of sp³-hybridized carbons (Fsp3) is 0.200. The molecule has 0 heterocycles. The van der Waals surface area contributed by atoms with Crippen LogP contribution in [0.3, 0.4) is 0 Å². The van der Waals surface area contributed by atoms with Gasteiger partial charge >= 0.3 is 0 Å². The van der Waals surface area contributed by atoms with E-state index in [0.29, 0.717) is 11.3 Å². The van der Waals surface area contributed by atoms with Crippen molar-refractivity contribution in [3.8, 4) is 5.75 Å². The van der Waals surface area contributed by atoms with Crippen molar-refractivity contribution < 1.29 is 9.13 Å². The first-order chi connectivity index (χ1) is 9.02. The van der Waals surface area contributed by atoms with Gasteiger partial charge in [0.15, 0.2) is 0 Å². The van der Waals surface area contributed by atoms with E-state index in [1.165, 1.54) is 13.2 Å². The van der Waals surface area contributed by atoms with Gasteiger partial charge in [-0.3, -0.25) is 0 Å². The Hall–Kier alpha value is -1.39. The molecule has 0 bridgehead atoms. The summed E-state index contributed by atoms with van der Waals surface area (Å²) >= 11 is 3.47. The summed E-state index contributed by atoms with van der Waals surface area (Å²) in [5.41, 5.74) is 8.58. The number of methoxy groups -OCH3 is 1. The van der Waals surface area contributed by atoms with Gasteiger partial charge in [-0.2, -0.15) is 0 Å². The van der Waals surface area contributed by atoms with Crippen LogP contribution in [0, 0.1) is 12.7 Å². The highest BCUT2D eigenvalue weighted by Crippen LogP contribution is 2.30. The van der Waals surface area contributed by atoms with E-state index >= 15 is 0 Å². The molecule has 4 heteroatoms. The molecule has 2 nitrogen and oxygen atoms in total. The fourth-order valence-electron chi connectivity index (χ4n) is 1.94. The number of nitrogens with two attached hydrogens (primary N) is 1. The molecule has 2 rings (SSSR count). The highest BCUT2D eigenvalue weighted by molar-refractivity contribution is 9.10. The summed E-state index contributed by atoms with van der Waals surface area (Å²) in [4.78, 5) is 0. The average Bonchev–Trinajstić information content (AvgIpc) is 2.37. The molecule has 0 aromatic heterocycles. The molecule has 2 aromatic carbocycles. The molecule has 0 radical (unpaired) electrons. The molecular weight excluding hydrogens is 309 g/mol. The summed E-state index contributed by atoms with van der Waals surface area (Å²) in [6.07, 6.45) is 0. The molecule has 1 atom stereocenters. The minimum Gasteiger partial charge on any atom is -0.497 e. The highest BCUT2D eigenvalue weighted by Gasteiger charge is 2.16. The van der Waals surface area contributed by atoms with Crippen LogP contribution in [0.5, 0.6) is 5.75 Å². The smallest absolute Gasteiger partial charge is 0.132 e. The molecule has 0 spiro atoms. The topological polar surface area (TPSA) is 35.2 Å². The van der Waals surface area contributed by atoms with E-state index < -0.39 is 6.04 Å². The Labute approximate surface area is 120 Å². The lowest BCUT2D eigenvalue weighted by Gasteiger charge is -2.16. The minimum absolute atomic E-state index is 0.362. The molecule has 2 N–H and O–H groups in total. The molecule has 0 aliphatic heterocycles. The SMILES string of the molecule is COc1ccc(C(N)c2ccc(C)cc2Br)c(F)c1. The first-order valence-electron chi connectivity index (χ1n) is 5.88. The van der Waals surface area contributed by atoms with Crippen molar-refractivity contribution in [2.75, 3.05) is 7.11 Å². The number of halogens is 2. The molecule has 100 valence electrons. The number of aryl methyl sites for hydroxylation is 1. The van der Waals surface area contributed by atoms with Crippen LogP contribution in [0.4, 0.5) is 4.39 Å². The largest absolute Gasteiger partial charge is 0.497 e. The van der Waals surface area contributed by atoms with Crippen LogP contribution in [0.15, 0.2) is 40.9 Å². The summed E-state index contributed by atoms with van der Waals surface area (Å²) in [5, 5.41) is 0. The first kappa shape index (κ1) is 14.0. The minimum atomic E-state index is -0.513. The normalized spacial score (nSPS) is 12.3. The maximum atomic E-state index is 14.0. The molecule has 0 aliphatic carbocycles. The fourth-order valence-corrected chi connectivity index (χ4v) is 2.68. The van der Waals surface area contributed by atoms with Gasteiger partial charge in [-0.05, 0) is 30.2 Å². The maximum Gasteiger partial charge on any atom is 0.132 e. The Balaban J connectivity index is 2.41.